The lowest BCUT2D eigenvalue weighted by molar-refractivity contribution is -0.143. The van der Waals surface area contributed by atoms with Gasteiger partial charge in [-0.25, -0.2) is 0 Å². The minimum Gasteiger partial charge on any atom is -0.493 e. The zero-order chi connectivity index (χ0) is 30.8. The highest BCUT2D eigenvalue weighted by molar-refractivity contribution is 5.94. The number of fused-ring (bicyclic) bond motifs is 1. The van der Waals surface area contributed by atoms with Crippen molar-refractivity contribution in [2.45, 2.75) is 58.4 Å². The molecule has 8 heteroatoms. The number of nitrogens with zero attached hydrogens (tertiary/aromatic N) is 1. The molecular formula is C36H42N2O6. The number of hydrogen-bond donors (Lipinski definition) is 2. The fraction of sp³-hybridized carbons (Fsp3) is 0.444. The van der Waals surface area contributed by atoms with E-state index < -0.39 is 17.9 Å². The first-order valence-corrected chi connectivity index (χ1v) is 15.9. The molecule has 1 saturated carbocycles. The molecule has 2 fully saturated rings. The van der Waals surface area contributed by atoms with Crippen LogP contribution in [0.4, 0.5) is 5.69 Å². The molecule has 0 spiro atoms. The van der Waals surface area contributed by atoms with Crippen LogP contribution in [0.5, 0.6) is 17.2 Å². The molecule has 0 aromatic heterocycles. The lowest BCUT2D eigenvalue weighted by Gasteiger charge is -2.27. The van der Waals surface area contributed by atoms with Crippen molar-refractivity contribution in [2.24, 2.45) is 11.8 Å². The van der Waals surface area contributed by atoms with E-state index in [9.17, 15) is 14.7 Å². The largest absolute Gasteiger partial charge is 0.493 e. The van der Waals surface area contributed by atoms with Gasteiger partial charge in [0.15, 0.2) is 11.5 Å². The SMILES string of the molecule is CCc1cc(C)cc(CC)c1NC(=O)CN1C[C@H](c2ccc3c(c2)OCCO3)[C@@H](C(=O)O)[C@@H]1c1ccc(OCC2CC2)cc1. The van der Waals surface area contributed by atoms with Gasteiger partial charge in [0.1, 0.15) is 19.0 Å². The Hall–Kier alpha value is -4.04. The number of anilines is 1. The van der Waals surface area contributed by atoms with Gasteiger partial charge in [0.25, 0.3) is 0 Å². The monoisotopic (exact) mass is 598 g/mol. The number of hydrogen-bond acceptors (Lipinski definition) is 6. The Balaban J connectivity index is 1.31. The highest BCUT2D eigenvalue weighted by Crippen LogP contribution is 2.47. The molecule has 2 heterocycles. The molecule has 0 bridgehead atoms. The van der Waals surface area contributed by atoms with Gasteiger partial charge in [0.05, 0.1) is 19.1 Å². The Morgan fingerprint density at radius 1 is 0.932 bits per heavy atom. The Kier molecular flexibility index (Phi) is 8.80. The number of ether oxygens (including phenoxy) is 3. The third kappa shape index (κ3) is 6.41. The van der Waals surface area contributed by atoms with E-state index in [2.05, 4.69) is 38.2 Å². The highest BCUT2D eigenvalue weighted by Gasteiger charge is 2.48. The van der Waals surface area contributed by atoms with E-state index in [-0.39, 0.29) is 18.4 Å². The summed E-state index contributed by atoms with van der Waals surface area (Å²) >= 11 is 0. The van der Waals surface area contributed by atoms with Gasteiger partial charge in [-0.2, -0.15) is 0 Å². The third-order valence-corrected chi connectivity index (χ3v) is 9.10. The summed E-state index contributed by atoms with van der Waals surface area (Å²) < 4.78 is 17.5. The summed E-state index contributed by atoms with van der Waals surface area (Å²) in [5, 5.41) is 13.9. The van der Waals surface area contributed by atoms with Crippen molar-refractivity contribution in [3.8, 4) is 17.2 Å². The van der Waals surface area contributed by atoms with Crippen molar-refractivity contribution >= 4 is 17.6 Å². The average molecular weight is 599 g/mol. The molecule has 232 valence electrons. The van der Waals surface area contributed by atoms with E-state index in [1.165, 1.54) is 18.4 Å². The van der Waals surface area contributed by atoms with Gasteiger partial charge in [-0.15, -0.1) is 0 Å². The molecule has 2 aliphatic heterocycles. The van der Waals surface area contributed by atoms with E-state index in [0.717, 1.165) is 46.5 Å². The van der Waals surface area contributed by atoms with Gasteiger partial charge in [-0.1, -0.05) is 49.7 Å². The zero-order valence-corrected chi connectivity index (χ0v) is 25.8. The topological polar surface area (TPSA) is 97.3 Å². The average Bonchev–Trinajstić information content (AvgIpc) is 3.79. The smallest absolute Gasteiger partial charge is 0.309 e. The van der Waals surface area contributed by atoms with Gasteiger partial charge in [-0.3, -0.25) is 14.5 Å². The van der Waals surface area contributed by atoms with Crippen LogP contribution in [0, 0.1) is 18.8 Å². The molecule has 3 aliphatic rings. The molecule has 1 amide bonds. The fourth-order valence-electron chi connectivity index (χ4n) is 6.70. The molecular weight excluding hydrogens is 556 g/mol. The molecule has 8 nitrogen and oxygen atoms in total. The summed E-state index contributed by atoms with van der Waals surface area (Å²) in [6.07, 6.45) is 4.03. The van der Waals surface area contributed by atoms with Crippen LogP contribution >= 0.6 is 0 Å². The van der Waals surface area contributed by atoms with Crippen molar-refractivity contribution < 1.29 is 28.9 Å². The molecule has 3 aromatic rings. The molecule has 2 N–H and O–H groups in total. The third-order valence-electron chi connectivity index (χ3n) is 9.10. The molecule has 0 radical (unpaired) electrons. The predicted octanol–water partition coefficient (Wildman–Crippen LogP) is 6.16. The summed E-state index contributed by atoms with van der Waals surface area (Å²) in [5.74, 6) is 0.515. The van der Waals surface area contributed by atoms with E-state index >= 15 is 0 Å². The summed E-state index contributed by atoms with van der Waals surface area (Å²) in [4.78, 5) is 28.8. The van der Waals surface area contributed by atoms with Gasteiger partial charge in [0, 0.05) is 24.2 Å². The van der Waals surface area contributed by atoms with Crippen LogP contribution < -0.4 is 19.5 Å². The lowest BCUT2D eigenvalue weighted by Crippen LogP contribution is -2.35. The van der Waals surface area contributed by atoms with Crippen LogP contribution in [0.25, 0.3) is 0 Å². The summed E-state index contributed by atoms with van der Waals surface area (Å²) in [7, 11) is 0. The number of rotatable bonds is 11. The number of carbonyl (C=O) groups is 2. The number of carbonyl (C=O) groups excluding carboxylic acids is 1. The number of amides is 1. The Labute approximate surface area is 259 Å². The second-order valence-corrected chi connectivity index (χ2v) is 12.3. The first-order chi connectivity index (χ1) is 21.3. The van der Waals surface area contributed by atoms with Gasteiger partial charge < -0.3 is 24.6 Å². The normalized spacial score (nSPS) is 21.2. The Bertz CT molecular complexity index is 1490. The molecule has 3 atom stereocenters. The van der Waals surface area contributed by atoms with Crippen LogP contribution in [-0.4, -0.2) is 54.8 Å². The first-order valence-electron chi connectivity index (χ1n) is 15.9. The Morgan fingerprint density at radius 3 is 2.23 bits per heavy atom. The van der Waals surface area contributed by atoms with Gasteiger partial charge in [-0.05, 0) is 85.0 Å². The van der Waals surface area contributed by atoms with Crippen LogP contribution in [0.1, 0.15) is 66.5 Å². The minimum absolute atomic E-state index is 0.0651. The number of benzene rings is 3. The van der Waals surface area contributed by atoms with Crippen molar-refractivity contribution in [3.05, 3.63) is 82.4 Å². The summed E-state index contributed by atoms with van der Waals surface area (Å²) in [6, 6.07) is 17.2. The molecule has 6 rings (SSSR count). The van der Waals surface area contributed by atoms with E-state index in [1.54, 1.807) is 0 Å². The van der Waals surface area contributed by atoms with Crippen molar-refractivity contribution in [1.29, 1.82) is 0 Å². The number of carboxylic acids is 1. The van der Waals surface area contributed by atoms with Crippen LogP contribution in [0.3, 0.4) is 0 Å². The maximum Gasteiger partial charge on any atom is 0.309 e. The fourth-order valence-corrected chi connectivity index (χ4v) is 6.70. The van der Waals surface area contributed by atoms with Crippen LogP contribution in [-0.2, 0) is 22.4 Å². The lowest BCUT2D eigenvalue weighted by atomic mass is 9.82. The van der Waals surface area contributed by atoms with Crippen molar-refractivity contribution in [1.82, 2.24) is 4.90 Å². The maximum absolute atomic E-state index is 13.7. The van der Waals surface area contributed by atoms with Gasteiger partial charge in [0.2, 0.25) is 5.91 Å². The molecule has 3 aromatic carbocycles. The zero-order valence-electron chi connectivity index (χ0n) is 25.8. The highest BCUT2D eigenvalue weighted by atomic mass is 16.6. The van der Waals surface area contributed by atoms with E-state index in [4.69, 9.17) is 14.2 Å². The van der Waals surface area contributed by atoms with Crippen molar-refractivity contribution in [3.63, 3.8) is 0 Å². The van der Waals surface area contributed by atoms with E-state index in [0.29, 0.717) is 43.8 Å². The second-order valence-electron chi connectivity index (χ2n) is 12.3. The van der Waals surface area contributed by atoms with Gasteiger partial charge >= 0.3 is 5.97 Å². The standard InChI is InChI=1S/C36H42N2O6/c1-4-24-16-22(3)17-25(5-2)34(24)37-32(39)20-38-19-29(27-10-13-30-31(18-27)43-15-14-42-30)33(36(40)41)35(38)26-8-11-28(12-9-26)44-21-23-6-7-23/h8-13,16-18,23,29,33,35H,4-7,14-15,19-21H2,1-3H3,(H,37,39)(H,40,41)/t29-,33-,35+/m1/s1. The Morgan fingerprint density at radius 2 is 1.59 bits per heavy atom. The number of carboxylic acid groups (broad SMARTS) is 1. The van der Waals surface area contributed by atoms with Crippen LogP contribution in [0.2, 0.25) is 0 Å². The van der Waals surface area contributed by atoms with Crippen LogP contribution in [0.15, 0.2) is 54.6 Å². The molecule has 44 heavy (non-hydrogen) atoms. The predicted molar refractivity (Wildman–Crippen MR) is 169 cm³/mol. The number of aliphatic carboxylic acids is 1. The molecule has 0 unspecified atom stereocenters. The van der Waals surface area contributed by atoms with Crippen molar-refractivity contribution in [2.75, 3.05) is 38.2 Å². The number of likely N-dealkylation sites (tertiary alicyclic amines) is 1. The minimum atomic E-state index is -0.896. The van der Waals surface area contributed by atoms with E-state index in [1.807, 2.05) is 47.4 Å². The number of aryl methyl sites for hydroxylation is 3. The summed E-state index contributed by atoms with van der Waals surface area (Å²) in [6.45, 7) is 8.37. The quantitative estimate of drug-likeness (QED) is 0.273. The second kappa shape index (κ2) is 12.9. The number of nitrogens with one attached hydrogen (secondary N) is 1. The molecule has 1 aliphatic carbocycles. The first kappa shape index (κ1) is 30.0. The maximum atomic E-state index is 13.7. The molecule has 1 saturated heterocycles. The summed E-state index contributed by atoms with van der Waals surface area (Å²) in [5.41, 5.74) is 5.96.